The SMILES string of the molecule is CCN1C(=O)N(Cc2cccc(OC)c2)C(=O)C12CCN(Cc1ccc(C)cc1)CC2. The summed E-state index contributed by atoms with van der Waals surface area (Å²) in [6.07, 6.45) is 1.35. The second kappa shape index (κ2) is 8.71. The first kappa shape index (κ1) is 21.4. The van der Waals surface area contributed by atoms with Crippen molar-refractivity contribution < 1.29 is 14.3 Å². The summed E-state index contributed by atoms with van der Waals surface area (Å²) in [6, 6.07) is 16.0. The molecule has 0 atom stereocenters. The first-order valence-corrected chi connectivity index (χ1v) is 11.0. The molecule has 1 spiro atoms. The Balaban J connectivity index is 1.48. The molecule has 2 aromatic rings. The van der Waals surface area contributed by atoms with E-state index in [-0.39, 0.29) is 18.5 Å². The molecule has 0 aliphatic carbocycles. The number of benzene rings is 2. The lowest BCUT2D eigenvalue weighted by Crippen LogP contribution is -2.56. The minimum Gasteiger partial charge on any atom is -0.497 e. The maximum absolute atomic E-state index is 13.5. The number of methoxy groups -OCH3 is 1. The molecule has 0 saturated carbocycles. The summed E-state index contributed by atoms with van der Waals surface area (Å²) in [5.74, 6) is 0.667. The van der Waals surface area contributed by atoms with E-state index in [2.05, 4.69) is 36.1 Å². The molecule has 2 heterocycles. The van der Waals surface area contributed by atoms with Gasteiger partial charge in [-0.2, -0.15) is 0 Å². The van der Waals surface area contributed by atoms with Crippen molar-refractivity contribution in [1.29, 1.82) is 0 Å². The van der Waals surface area contributed by atoms with Crippen LogP contribution in [0.2, 0.25) is 0 Å². The van der Waals surface area contributed by atoms with Crippen LogP contribution in [0.15, 0.2) is 48.5 Å². The van der Waals surface area contributed by atoms with Gasteiger partial charge in [0.1, 0.15) is 11.3 Å². The molecule has 0 radical (unpaired) electrons. The van der Waals surface area contributed by atoms with Crippen LogP contribution in [0.5, 0.6) is 5.75 Å². The van der Waals surface area contributed by atoms with Crippen molar-refractivity contribution in [2.24, 2.45) is 0 Å². The molecule has 4 rings (SSSR count). The molecule has 0 aromatic heterocycles. The average Bonchev–Trinajstić information content (AvgIpc) is 2.98. The monoisotopic (exact) mass is 421 g/mol. The van der Waals surface area contributed by atoms with Crippen molar-refractivity contribution >= 4 is 11.9 Å². The fourth-order valence-corrected chi connectivity index (χ4v) is 4.83. The number of likely N-dealkylation sites (tertiary alicyclic amines) is 1. The normalized spacial score (nSPS) is 18.8. The van der Waals surface area contributed by atoms with Gasteiger partial charge in [-0.3, -0.25) is 14.6 Å². The molecule has 2 aliphatic rings. The Morgan fingerprint density at radius 1 is 0.968 bits per heavy atom. The molecule has 2 aromatic carbocycles. The highest BCUT2D eigenvalue weighted by Crippen LogP contribution is 2.38. The molecular weight excluding hydrogens is 390 g/mol. The number of hydrogen-bond donors (Lipinski definition) is 0. The van der Waals surface area contributed by atoms with Crippen molar-refractivity contribution in [3.63, 3.8) is 0 Å². The number of piperidine rings is 1. The quantitative estimate of drug-likeness (QED) is 0.666. The molecule has 3 amide bonds. The second-order valence-corrected chi connectivity index (χ2v) is 8.56. The standard InChI is InChI=1S/C25H31N3O3/c1-4-28-24(30)27(18-21-6-5-7-22(16-21)31-3)23(29)25(28)12-14-26(15-13-25)17-20-10-8-19(2)9-11-20/h5-11,16H,4,12-15,17-18H2,1-3H3. The second-order valence-electron chi connectivity index (χ2n) is 8.56. The Kier molecular flexibility index (Phi) is 6.01. The van der Waals surface area contributed by atoms with E-state index in [4.69, 9.17) is 4.74 Å². The molecule has 0 unspecified atom stereocenters. The van der Waals surface area contributed by atoms with Crippen molar-refractivity contribution in [2.75, 3.05) is 26.7 Å². The summed E-state index contributed by atoms with van der Waals surface area (Å²) < 4.78 is 5.29. The number of nitrogens with zero attached hydrogens (tertiary/aromatic N) is 3. The zero-order chi connectivity index (χ0) is 22.0. The maximum atomic E-state index is 13.5. The highest BCUT2D eigenvalue weighted by Gasteiger charge is 2.57. The largest absolute Gasteiger partial charge is 0.497 e. The third-order valence-electron chi connectivity index (χ3n) is 6.62. The Morgan fingerprint density at radius 3 is 2.32 bits per heavy atom. The molecule has 164 valence electrons. The Morgan fingerprint density at radius 2 is 1.68 bits per heavy atom. The van der Waals surface area contributed by atoms with Gasteiger partial charge in [-0.15, -0.1) is 0 Å². The molecule has 31 heavy (non-hydrogen) atoms. The molecule has 0 N–H and O–H groups in total. The fraction of sp³-hybridized carbons (Fsp3) is 0.440. The van der Waals surface area contributed by atoms with E-state index in [1.54, 1.807) is 12.0 Å². The lowest BCUT2D eigenvalue weighted by atomic mass is 9.85. The van der Waals surface area contributed by atoms with E-state index in [1.165, 1.54) is 16.0 Å². The number of urea groups is 1. The van der Waals surface area contributed by atoms with Crippen LogP contribution in [0.3, 0.4) is 0 Å². The highest BCUT2D eigenvalue weighted by atomic mass is 16.5. The Bertz CT molecular complexity index is 949. The number of hydrogen-bond acceptors (Lipinski definition) is 4. The molecular formula is C25H31N3O3. The van der Waals surface area contributed by atoms with E-state index in [0.29, 0.717) is 19.4 Å². The van der Waals surface area contributed by atoms with E-state index < -0.39 is 5.54 Å². The van der Waals surface area contributed by atoms with E-state index in [0.717, 1.165) is 30.9 Å². The molecule has 2 saturated heterocycles. The lowest BCUT2D eigenvalue weighted by Gasteiger charge is -2.42. The first-order chi connectivity index (χ1) is 15.0. The van der Waals surface area contributed by atoms with E-state index >= 15 is 0 Å². The van der Waals surface area contributed by atoms with Crippen LogP contribution in [0.1, 0.15) is 36.5 Å². The minimum atomic E-state index is -0.714. The van der Waals surface area contributed by atoms with Crippen LogP contribution in [0.25, 0.3) is 0 Å². The zero-order valence-corrected chi connectivity index (χ0v) is 18.6. The number of carbonyl (C=O) groups excluding carboxylic acids is 2. The van der Waals surface area contributed by atoms with Crippen LogP contribution < -0.4 is 4.74 Å². The molecule has 2 aliphatic heterocycles. The number of rotatable bonds is 6. The topological polar surface area (TPSA) is 53.1 Å². The maximum Gasteiger partial charge on any atom is 0.327 e. The van der Waals surface area contributed by atoms with E-state index in [1.807, 2.05) is 31.2 Å². The number of amides is 3. The van der Waals surface area contributed by atoms with Crippen molar-refractivity contribution in [2.45, 2.75) is 45.3 Å². The van der Waals surface area contributed by atoms with Crippen LogP contribution in [0, 0.1) is 6.92 Å². The van der Waals surface area contributed by atoms with Gasteiger partial charge in [0.05, 0.1) is 13.7 Å². The predicted molar refractivity (Wildman–Crippen MR) is 120 cm³/mol. The summed E-state index contributed by atoms with van der Waals surface area (Å²) in [5, 5.41) is 0. The average molecular weight is 422 g/mol. The molecule has 0 bridgehead atoms. The van der Waals surface area contributed by atoms with Crippen LogP contribution in [-0.2, 0) is 17.9 Å². The van der Waals surface area contributed by atoms with Gasteiger partial charge in [0.15, 0.2) is 0 Å². The van der Waals surface area contributed by atoms with Crippen LogP contribution in [-0.4, -0.2) is 58.9 Å². The number of likely N-dealkylation sites (N-methyl/N-ethyl adjacent to an activating group) is 1. The smallest absolute Gasteiger partial charge is 0.327 e. The van der Waals surface area contributed by atoms with Crippen molar-refractivity contribution in [3.8, 4) is 5.75 Å². The third-order valence-corrected chi connectivity index (χ3v) is 6.62. The van der Waals surface area contributed by atoms with Gasteiger partial charge in [-0.05, 0) is 49.9 Å². The molecule has 6 nitrogen and oxygen atoms in total. The highest BCUT2D eigenvalue weighted by molar-refractivity contribution is 6.07. The Hall–Kier alpha value is -2.86. The summed E-state index contributed by atoms with van der Waals surface area (Å²) >= 11 is 0. The van der Waals surface area contributed by atoms with Gasteiger partial charge in [0.2, 0.25) is 0 Å². The summed E-state index contributed by atoms with van der Waals surface area (Å²) in [7, 11) is 1.61. The number of aryl methyl sites for hydroxylation is 1. The summed E-state index contributed by atoms with van der Waals surface area (Å²) in [6.45, 7) is 7.34. The number of ether oxygens (including phenoxy) is 1. The van der Waals surface area contributed by atoms with Gasteiger partial charge in [0, 0.05) is 26.2 Å². The van der Waals surface area contributed by atoms with Crippen LogP contribution in [0.4, 0.5) is 4.79 Å². The van der Waals surface area contributed by atoms with Gasteiger partial charge < -0.3 is 9.64 Å². The third kappa shape index (κ3) is 4.04. The van der Waals surface area contributed by atoms with Gasteiger partial charge in [-0.1, -0.05) is 42.0 Å². The summed E-state index contributed by atoms with van der Waals surface area (Å²) in [4.78, 5) is 32.3. The molecule has 2 fully saturated rings. The first-order valence-electron chi connectivity index (χ1n) is 11.0. The molecule has 6 heteroatoms. The zero-order valence-electron chi connectivity index (χ0n) is 18.6. The van der Waals surface area contributed by atoms with Gasteiger partial charge in [-0.25, -0.2) is 4.79 Å². The minimum absolute atomic E-state index is 0.0582. The van der Waals surface area contributed by atoms with Crippen molar-refractivity contribution in [3.05, 3.63) is 65.2 Å². The number of imide groups is 1. The van der Waals surface area contributed by atoms with Gasteiger partial charge >= 0.3 is 6.03 Å². The fourth-order valence-electron chi connectivity index (χ4n) is 4.83. The van der Waals surface area contributed by atoms with E-state index in [9.17, 15) is 9.59 Å². The van der Waals surface area contributed by atoms with Gasteiger partial charge in [0.25, 0.3) is 5.91 Å². The number of carbonyl (C=O) groups is 2. The van der Waals surface area contributed by atoms with Crippen molar-refractivity contribution in [1.82, 2.24) is 14.7 Å². The lowest BCUT2D eigenvalue weighted by molar-refractivity contribution is -0.136. The van der Waals surface area contributed by atoms with Crippen LogP contribution >= 0.6 is 0 Å². The predicted octanol–water partition coefficient (Wildman–Crippen LogP) is 3.82. The Labute approximate surface area is 184 Å². The summed E-state index contributed by atoms with van der Waals surface area (Å²) in [5.41, 5.74) is 2.72.